The summed E-state index contributed by atoms with van der Waals surface area (Å²) in [6, 6.07) is 10.9. The second-order valence-electron chi connectivity index (χ2n) is 5.98. The van der Waals surface area contributed by atoms with Crippen LogP contribution in [0.4, 0.5) is 0 Å². The summed E-state index contributed by atoms with van der Waals surface area (Å²) in [6.07, 6.45) is 2.35. The fourth-order valence-corrected chi connectivity index (χ4v) is 2.98. The lowest BCUT2D eigenvalue weighted by Gasteiger charge is -2.11. The van der Waals surface area contributed by atoms with Crippen LogP contribution in [0.5, 0.6) is 0 Å². The number of aryl methyl sites for hydroxylation is 1. The van der Waals surface area contributed by atoms with E-state index in [-0.39, 0.29) is 30.5 Å². The second-order valence-corrected chi connectivity index (χ2v) is 6.89. The third-order valence-electron chi connectivity index (χ3n) is 4.11. The van der Waals surface area contributed by atoms with Gasteiger partial charge in [0.1, 0.15) is 0 Å². The first-order chi connectivity index (χ1) is 12.1. The highest BCUT2D eigenvalue weighted by molar-refractivity contribution is 9.10. The van der Waals surface area contributed by atoms with E-state index in [1.54, 1.807) is 6.07 Å². The zero-order chi connectivity index (χ0) is 17.6. The van der Waals surface area contributed by atoms with E-state index in [1.807, 2.05) is 24.3 Å². The van der Waals surface area contributed by atoms with Crippen molar-refractivity contribution in [3.63, 3.8) is 0 Å². The zero-order valence-electron chi connectivity index (χ0n) is 13.8. The van der Waals surface area contributed by atoms with Crippen molar-refractivity contribution >= 4 is 21.8 Å². The molecule has 0 aliphatic carbocycles. The standard InChI is InChI=1S/C18H20BrN3O3/c19-14-5-3-13(4-6-14)16-7-8-18(24)22(21-16)10-9-17(23)20-12-15-2-1-11-25-15/h3-8,15H,1-2,9-12H2,(H,20,23). The summed E-state index contributed by atoms with van der Waals surface area (Å²) < 4.78 is 7.79. The van der Waals surface area contributed by atoms with Crippen LogP contribution in [0.25, 0.3) is 11.3 Å². The molecule has 1 aliphatic heterocycles. The Hall–Kier alpha value is -1.99. The molecule has 1 N–H and O–H groups in total. The normalized spacial score (nSPS) is 16.8. The second kappa shape index (κ2) is 8.40. The van der Waals surface area contributed by atoms with Crippen molar-refractivity contribution in [2.45, 2.75) is 31.9 Å². The lowest BCUT2D eigenvalue weighted by molar-refractivity contribution is -0.121. The number of amides is 1. The van der Waals surface area contributed by atoms with Crippen LogP contribution < -0.4 is 10.9 Å². The van der Waals surface area contributed by atoms with Gasteiger partial charge in [0.2, 0.25) is 5.91 Å². The number of nitrogens with zero attached hydrogens (tertiary/aromatic N) is 2. The van der Waals surface area contributed by atoms with Crippen molar-refractivity contribution in [1.29, 1.82) is 0 Å². The van der Waals surface area contributed by atoms with Crippen molar-refractivity contribution in [2.24, 2.45) is 0 Å². The molecule has 7 heteroatoms. The molecule has 2 heterocycles. The topological polar surface area (TPSA) is 73.2 Å². The average Bonchev–Trinajstić information content (AvgIpc) is 3.13. The van der Waals surface area contributed by atoms with Crippen molar-refractivity contribution in [1.82, 2.24) is 15.1 Å². The molecule has 0 radical (unpaired) electrons. The minimum absolute atomic E-state index is 0.0988. The molecule has 1 aromatic carbocycles. The Balaban J connectivity index is 1.59. The van der Waals surface area contributed by atoms with E-state index >= 15 is 0 Å². The van der Waals surface area contributed by atoms with Crippen LogP contribution >= 0.6 is 15.9 Å². The van der Waals surface area contributed by atoms with Gasteiger partial charge in [0.25, 0.3) is 5.56 Å². The predicted molar refractivity (Wildman–Crippen MR) is 98.2 cm³/mol. The number of nitrogens with one attached hydrogen (secondary N) is 1. The van der Waals surface area contributed by atoms with E-state index in [0.29, 0.717) is 12.2 Å². The monoisotopic (exact) mass is 405 g/mol. The van der Waals surface area contributed by atoms with Crippen molar-refractivity contribution < 1.29 is 9.53 Å². The molecule has 1 aromatic heterocycles. The largest absolute Gasteiger partial charge is 0.376 e. The van der Waals surface area contributed by atoms with E-state index in [1.165, 1.54) is 10.7 Å². The van der Waals surface area contributed by atoms with Crippen LogP contribution in [-0.2, 0) is 16.1 Å². The zero-order valence-corrected chi connectivity index (χ0v) is 15.4. The summed E-state index contributed by atoms with van der Waals surface area (Å²) in [5, 5.41) is 7.22. The molecule has 1 amide bonds. The van der Waals surface area contributed by atoms with E-state index in [9.17, 15) is 9.59 Å². The minimum Gasteiger partial charge on any atom is -0.376 e. The van der Waals surface area contributed by atoms with E-state index in [0.717, 1.165) is 29.5 Å². The van der Waals surface area contributed by atoms with Gasteiger partial charge in [0.15, 0.2) is 0 Å². The molecular weight excluding hydrogens is 386 g/mol. The smallest absolute Gasteiger partial charge is 0.266 e. The summed E-state index contributed by atoms with van der Waals surface area (Å²) >= 11 is 3.39. The highest BCUT2D eigenvalue weighted by Gasteiger charge is 2.16. The van der Waals surface area contributed by atoms with Crippen LogP contribution in [0.2, 0.25) is 0 Å². The van der Waals surface area contributed by atoms with E-state index in [2.05, 4.69) is 26.3 Å². The van der Waals surface area contributed by atoms with Crippen molar-refractivity contribution in [2.75, 3.05) is 13.2 Å². The number of carbonyl (C=O) groups is 1. The van der Waals surface area contributed by atoms with E-state index in [4.69, 9.17) is 4.74 Å². The molecule has 2 aromatic rings. The Bertz CT molecular complexity index is 783. The summed E-state index contributed by atoms with van der Waals surface area (Å²) in [4.78, 5) is 23.9. The highest BCUT2D eigenvalue weighted by atomic mass is 79.9. The molecule has 0 spiro atoms. The van der Waals surface area contributed by atoms with Crippen LogP contribution in [0.3, 0.4) is 0 Å². The van der Waals surface area contributed by atoms with Gasteiger partial charge in [-0.2, -0.15) is 5.10 Å². The molecule has 1 saturated heterocycles. The Morgan fingerprint density at radius 1 is 1.28 bits per heavy atom. The summed E-state index contributed by atoms with van der Waals surface area (Å²) in [5.74, 6) is -0.0988. The van der Waals surface area contributed by atoms with Gasteiger partial charge >= 0.3 is 0 Å². The number of ether oxygens (including phenoxy) is 1. The van der Waals surface area contributed by atoms with E-state index < -0.39 is 0 Å². The van der Waals surface area contributed by atoms with Crippen LogP contribution in [-0.4, -0.2) is 34.9 Å². The molecule has 132 valence electrons. The number of rotatable bonds is 6. The quantitative estimate of drug-likeness (QED) is 0.800. The number of carbonyl (C=O) groups excluding carboxylic acids is 1. The lowest BCUT2D eigenvalue weighted by atomic mass is 10.1. The van der Waals surface area contributed by atoms with Gasteiger partial charge in [0.05, 0.1) is 18.3 Å². The molecule has 3 rings (SSSR count). The fraction of sp³-hybridized carbons (Fsp3) is 0.389. The number of benzene rings is 1. The highest BCUT2D eigenvalue weighted by Crippen LogP contribution is 2.18. The van der Waals surface area contributed by atoms with Gasteiger partial charge in [0, 0.05) is 35.7 Å². The fourth-order valence-electron chi connectivity index (χ4n) is 2.71. The van der Waals surface area contributed by atoms with Gasteiger partial charge in [-0.15, -0.1) is 0 Å². The maximum Gasteiger partial charge on any atom is 0.266 e. The average molecular weight is 406 g/mol. The number of halogens is 1. The lowest BCUT2D eigenvalue weighted by Crippen LogP contribution is -2.33. The minimum atomic E-state index is -0.215. The number of hydrogen-bond acceptors (Lipinski definition) is 4. The number of hydrogen-bond donors (Lipinski definition) is 1. The van der Waals surface area contributed by atoms with Gasteiger partial charge in [-0.05, 0) is 31.0 Å². The molecule has 1 aliphatic rings. The maximum absolute atomic E-state index is 12.0. The maximum atomic E-state index is 12.0. The van der Waals surface area contributed by atoms with Crippen LogP contribution in [0.15, 0.2) is 45.7 Å². The predicted octanol–water partition coefficient (Wildman–Crippen LogP) is 2.36. The third-order valence-corrected chi connectivity index (χ3v) is 4.64. The Labute approximate surface area is 154 Å². The van der Waals surface area contributed by atoms with Gasteiger partial charge in [-0.25, -0.2) is 4.68 Å². The third kappa shape index (κ3) is 4.99. The molecule has 1 unspecified atom stereocenters. The first kappa shape index (κ1) is 17.8. The van der Waals surface area contributed by atoms with Gasteiger partial charge < -0.3 is 10.1 Å². The van der Waals surface area contributed by atoms with Crippen LogP contribution in [0, 0.1) is 0 Å². The first-order valence-corrected chi connectivity index (χ1v) is 9.13. The van der Waals surface area contributed by atoms with Crippen LogP contribution in [0.1, 0.15) is 19.3 Å². The van der Waals surface area contributed by atoms with Crippen molar-refractivity contribution in [3.8, 4) is 11.3 Å². The Kier molecular flexibility index (Phi) is 5.99. The summed E-state index contributed by atoms with van der Waals surface area (Å²) in [7, 11) is 0. The number of aromatic nitrogens is 2. The molecular formula is C18H20BrN3O3. The molecule has 25 heavy (non-hydrogen) atoms. The van der Waals surface area contributed by atoms with Gasteiger partial charge in [-0.1, -0.05) is 28.1 Å². The summed E-state index contributed by atoms with van der Waals surface area (Å²) in [6.45, 7) is 1.54. The molecule has 0 saturated carbocycles. The molecule has 1 atom stereocenters. The van der Waals surface area contributed by atoms with Gasteiger partial charge in [-0.3, -0.25) is 9.59 Å². The first-order valence-electron chi connectivity index (χ1n) is 8.34. The molecule has 1 fully saturated rings. The SMILES string of the molecule is O=C(CCn1nc(-c2ccc(Br)cc2)ccc1=O)NCC1CCCO1. The molecule has 0 bridgehead atoms. The molecule has 6 nitrogen and oxygen atoms in total. The Morgan fingerprint density at radius 2 is 2.08 bits per heavy atom. The summed E-state index contributed by atoms with van der Waals surface area (Å²) in [5.41, 5.74) is 1.40. The Morgan fingerprint density at radius 3 is 2.80 bits per heavy atom. The van der Waals surface area contributed by atoms with Crippen molar-refractivity contribution in [3.05, 3.63) is 51.2 Å².